The molecule has 2 aliphatic rings. The van der Waals surface area contributed by atoms with Crippen molar-refractivity contribution in [2.45, 2.75) is 44.0 Å². The van der Waals surface area contributed by atoms with Crippen molar-refractivity contribution in [2.75, 3.05) is 13.2 Å². The van der Waals surface area contributed by atoms with E-state index in [1.807, 2.05) is 0 Å². The first kappa shape index (κ1) is 17.9. The molecule has 5 nitrogen and oxygen atoms in total. The number of benzene rings is 1. The fourth-order valence-electron chi connectivity index (χ4n) is 3.16. The smallest absolute Gasteiger partial charge is 0.342 e. The maximum absolute atomic E-state index is 14.1. The number of hydrogen-bond donors (Lipinski definition) is 0. The van der Waals surface area contributed by atoms with Crippen molar-refractivity contribution in [3.63, 3.8) is 0 Å². The van der Waals surface area contributed by atoms with Gasteiger partial charge in [0.15, 0.2) is 0 Å². The summed E-state index contributed by atoms with van der Waals surface area (Å²) in [4.78, 5) is 29.5. The Bertz CT molecular complexity index is 676. The van der Waals surface area contributed by atoms with E-state index in [0.29, 0.717) is 30.7 Å². The van der Waals surface area contributed by atoms with E-state index in [1.54, 1.807) is 0 Å². The highest BCUT2D eigenvalue weighted by Gasteiger charge is 2.68. The molecular formula is C17H18F3NO4. The highest BCUT2D eigenvalue weighted by Crippen LogP contribution is 2.51. The molecule has 25 heavy (non-hydrogen) atoms. The van der Waals surface area contributed by atoms with Gasteiger partial charge in [0.2, 0.25) is 0 Å². The Hall–Kier alpha value is -1.93. The molecule has 1 aromatic carbocycles. The fourth-order valence-corrected chi connectivity index (χ4v) is 3.16. The van der Waals surface area contributed by atoms with Gasteiger partial charge in [0, 0.05) is 18.4 Å². The summed E-state index contributed by atoms with van der Waals surface area (Å²) in [5, 5.41) is 0.295. The van der Waals surface area contributed by atoms with Gasteiger partial charge in [0.25, 0.3) is 11.6 Å². The standard InChI is InChI=1S/C17H18F3NO4/c18-17(19,20)16-14-8-4-3-7-13(14)15(23)21(16)25-10-5-1-2-6-12(22)9-11-24-16/h3-4,7-8H,1-2,5-6,9-11H2. The average molecular weight is 357 g/mol. The third-order valence-electron chi connectivity index (χ3n) is 4.39. The molecule has 136 valence electrons. The topological polar surface area (TPSA) is 55.8 Å². The van der Waals surface area contributed by atoms with Crippen LogP contribution in [-0.2, 0) is 20.1 Å². The summed E-state index contributed by atoms with van der Waals surface area (Å²) < 4.78 is 47.4. The van der Waals surface area contributed by atoms with E-state index in [2.05, 4.69) is 0 Å². The minimum absolute atomic E-state index is 0.0604. The van der Waals surface area contributed by atoms with Crippen molar-refractivity contribution in [1.29, 1.82) is 0 Å². The van der Waals surface area contributed by atoms with Crippen LogP contribution in [0, 0.1) is 0 Å². The van der Waals surface area contributed by atoms with Gasteiger partial charge in [-0.25, -0.2) is 0 Å². The third kappa shape index (κ3) is 3.04. The van der Waals surface area contributed by atoms with Gasteiger partial charge in [-0.3, -0.25) is 14.4 Å². The van der Waals surface area contributed by atoms with Gasteiger partial charge in [-0.1, -0.05) is 24.6 Å². The van der Waals surface area contributed by atoms with Gasteiger partial charge in [-0.05, 0) is 18.9 Å². The van der Waals surface area contributed by atoms with E-state index in [4.69, 9.17) is 9.57 Å². The molecule has 0 bridgehead atoms. The largest absolute Gasteiger partial charge is 0.443 e. The summed E-state index contributed by atoms with van der Waals surface area (Å²) in [6, 6.07) is 5.42. The second kappa shape index (κ2) is 6.76. The lowest BCUT2D eigenvalue weighted by Gasteiger charge is -2.38. The summed E-state index contributed by atoms with van der Waals surface area (Å²) >= 11 is 0. The molecule has 0 N–H and O–H groups in total. The van der Waals surface area contributed by atoms with Crippen LogP contribution in [0.2, 0.25) is 0 Å². The monoisotopic (exact) mass is 357 g/mol. The van der Waals surface area contributed by atoms with E-state index in [-0.39, 0.29) is 29.9 Å². The molecule has 0 spiro atoms. The van der Waals surface area contributed by atoms with Crippen LogP contribution in [0.5, 0.6) is 0 Å². The fraction of sp³-hybridized carbons (Fsp3) is 0.529. The molecule has 1 unspecified atom stereocenters. The normalized spacial score (nSPS) is 25.8. The van der Waals surface area contributed by atoms with Gasteiger partial charge in [0.05, 0.1) is 18.8 Å². The molecule has 0 radical (unpaired) electrons. The lowest BCUT2D eigenvalue weighted by atomic mass is 10.0. The Morgan fingerprint density at radius 1 is 1.00 bits per heavy atom. The molecule has 8 heteroatoms. The zero-order valence-corrected chi connectivity index (χ0v) is 13.5. The average Bonchev–Trinajstić information content (AvgIpc) is 2.79. The summed E-state index contributed by atoms with van der Waals surface area (Å²) in [7, 11) is 0. The summed E-state index contributed by atoms with van der Waals surface area (Å²) in [6.45, 7) is -0.505. The zero-order valence-electron chi connectivity index (χ0n) is 13.5. The van der Waals surface area contributed by atoms with Gasteiger partial charge in [0.1, 0.15) is 5.78 Å². The molecule has 1 fully saturated rings. The number of Topliss-reactive ketones (excluding diaryl/α,β-unsaturated/α-hetero) is 1. The number of rotatable bonds is 0. The van der Waals surface area contributed by atoms with Crippen LogP contribution in [0.1, 0.15) is 48.0 Å². The highest BCUT2D eigenvalue weighted by molar-refractivity contribution is 5.99. The molecule has 2 aliphatic heterocycles. The Kier molecular flexibility index (Phi) is 4.83. The Morgan fingerprint density at radius 3 is 2.52 bits per heavy atom. The number of hydrogen-bond acceptors (Lipinski definition) is 4. The summed E-state index contributed by atoms with van der Waals surface area (Å²) in [5.74, 6) is -1.04. The zero-order chi connectivity index (χ0) is 18.1. The van der Waals surface area contributed by atoms with Gasteiger partial charge < -0.3 is 4.74 Å². The van der Waals surface area contributed by atoms with Crippen LogP contribution in [0.25, 0.3) is 0 Å². The van der Waals surface area contributed by atoms with Crippen molar-refractivity contribution in [2.24, 2.45) is 0 Å². The van der Waals surface area contributed by atoms with Gasteiger partial charge >= 0.3 is 6.18 Å². The maximum atomic E-state index is 14.1. The molecule has 0 saturated carbocycles. The number of fused-ring (bicyclic) bond motifs is 3. The first-order valence-electron chi connectivity index (χ1n) is 8.17. The third-order valence-corrected chi connectivity index (χ3v) is 4.39. The minimum Gasteiger partial charge on any atom is -0.342 e. The van der Waals surface area contributed by atoms with Crippen LogP contribution in [0.4, 0.5) is 13.2 Å². The predicted octanol–water partition coefficient (Wildman–Crippen LogP) is 3.34. The van der Waals surface area contributed by atoms with Crippen LogP contribution < -0.4 is 0 Å². The van der Waals surface area contributed by atoms with Crippen LogP contribution in [-0.4, -0.2) is 36.1 Å². The summed E-state index contributed by atoms with van der Waals surface area (Å²) in [6.07, 6.45) is -3.03. The second-order valence-corrected chi connectivity index (χ2v) is 6.07. The molecule has 1 aromatic rings. The number of halogens is 3. The molecule has 2 heterocycles. The van der Waals surface area contributed by atoms with Crippen LogP contribution in [0.3, 0.4) is 0 Å². The molecule has 3 rings (SSSR count). The van der Waals surface area contributed by atoms with Crippen LogP contribution in [0.15, 0.2) is 24.3 Å². The van der Waals surface area contributed by atoms with Crippen molar-refractivity contribution in [3.05, 3.63) is 35.4 Å². The molecule has 1 saturated heterocycles. The van der Waals surface area contributed by atoms with Crippen molar-refractivity contribution < 1.29 is 32.3 Å². The predicted molar refractivity (Wildman–Crippen MR) is 80.3 cm³/mol. The lowest BCUT2D eigenvalue weighted by Crippen LogP contribution is -2.56. The van der Waals surface area contributed by atoms with Crippen molar-refractivity contribution >= 4 is 11.7 Å². The van der Waals surface area contributed by atoms with Crippen LogP contribution >= 0.6 is 0 Å². The Labute approximate surface area is 142 Å². The highest BCUT2D eigenvalue weighted by atomic mass is 19.4. The maximum Gasteiger partial charge on any atom is 0.443 e. The second-order valence-electron chi connectivity index (χ2n) is 6.07. The number of carbonyl (C=O) groups is 2. The first-order valence-corrected chi connectivity index (χ1v) is 8.17. The number of ketones is 1. The molecule has 0 aromatic heterocycles. The quantitative estimate of drug-likeness (QED) is 0.715. The first-order chi connectivity index (χ1) is 11.9. The number of alkyl halides is 3. The number of carbonyl (C=O) groups excluding carboxylic acids is 2. The van der Waals surface area contributed by atoms with E-state index in [9.17, 15) is 22.8 Å². The van der Waals surface area contributed by atoms with Gasteiger partial charge in [-0.2, -0.15) is 18.2 Å². The van der Waals surface area contributed by atoms with Crippen molar-refractivity contribution in [1.82, 2.24) is 5.06 Å². The Balaban J connectivity index is 2.06. The number of nitrogens with zero attached hydrogens (tertiary/aromatic N) is 1. The number of ether oxygens (including phenoxy) is 1. The molecule has 1 atom stereocenters. The van der Waals surface area contributed by atoms with E-state index in [1.165, 1.54) is 24.3 Å². The minimum atomic E-state index is -4.93. The van der Waals surface area contributed by atoms with E-state index in [0.717, 1.165) is 0 Å². The van der Waals surface area contributed by atoms with E-state index >= 15 is 0 Å². The SMILES string of the molecule is O=C1CCCCCON2C(=O)c3ccccc3C2(C(F)(F)F)OCC1. The molecular weight excluding hydrogens is 339 g/mol. The Morgan fingerprint density at radius 2 is 1.76 bits per heavy atom. The lowest BCUT2D eigenvalue weighted by molar-refractivity contribution is -0.388. The van der Waals surface area contributed by atoms with Gasteiger partial charge in [-0.15, -0.1) is 0 Å². The molecule has 0 aliphatic carbocycles. The van der Waals surface area contributed by atoms with E-state index < -0.39 is 24.4 Å². The number of hydroxylamine groups is 2. The van der Waals surface area contributed by atoms with Crippen molar-refractivity contribution in [3.8, 4) is 0 Å². The number of amides is 1. The molecule has 1 amide bonds. The summed E-state index contributed by atoms with van der Waals surface area (Å²) in [5.41, 5.74) is -3.45.